The van der Waals surface area contributed by atoms with Gasteiger partial charge in [-0.2, -0.15) is 0 Å². The standard InChI is InChI=1S/C7H4N2O6.C6H9N3.2H2O/c10-7(11)4-1-5(8(12)13)3-6(2-4)9(14)15;1-4-3-5(2)9-6(7)8-4;;/h1-3H,(H,10,11);3H,1-2H3,(H2,7,8,9);2*1H2. The first-order chi connectivity index (χ1) is 11.1. The maximum Gasteiger partial charge on any atom is 0.387 e. The Morgan fingerprint density at radius 1 is 1.04 bits per heavy atom. The first-order valence-corrected chi connectivity index (χ1v) is 6.38. The van der Waals surface area contributed by atoms with Gasteiger partial charge in [-0.15, -0.1) is 0 Å². The van der Waals surface area contributed by atoms with E-state index in [0.717, 1.165) is 11.4 Å². The normalized spacial score (nSPS) is 8.85. The zero-order valence-electron chi connectivity index (χ0n) is 13.7. The second-order valence-electron chi connectivity index (χ2n) is 4.63. The van der Waals surface area contributed by atoms with Crippen molar-refractivity contribution in [2.45, 2.75) is 13.8 Å². The van der Waals surface area contributed by atoms with Crippen LogP contribution in [0.3, 0.4) is 0 Å². The van der Waals surface area contributed by atoms with Gasteiger partial charge in [0, 0.05) is 23.8 Å². The van der Waals surface area contributed by atoms with Crippen LogP contribution >= 0.6 is 0 Å². The molecule has 13 heteroatoms. The number of nitro groups is 2. The lowest BCUT2D eigenvalue weighted by Gasteiger charge is -2.01. The number of aryl methyl sites for hydroxylation is 2. The van der Waals surface area contributed by atoms with Crippen LogP contribution in [0.25, 0.3) is 0 Å². The summed E-state index contributed by atoms with van der Waals surface area (Å²) < 4.78 is 0. The van der Waals surface area contributed by atoms with E-state index in [-0.39, 0.29) is 11.0 Å². The number of nitrogens with one attached hydrogen (secondary N) is 1. The molecule has 1 aromatic carbocycles. The largest absolute Gasteiger partial charge is 0.545 e. The summed E-state index contributed by atoms with van der Waals surface area (Å²) in [4.78, 5) is 36.0. The third kappa shape index (κ3) is 7.24. The summed E-state index contributed by atoms with van der Waals surface area (Å²) in [6.07, 6.45) is 0. The highest BCUT2D eigenvalue weighted by atomic mass is 16.6. The highest BCUT2D eigenvalue weighted by Crippen LogP contribution is 2.22. The number of nitrogens with zero attached hydrogens (tertiary/aromatic N) is 3. The van der Waals surface area contributed by atoms with E-state index >= 15 is 0 Å². The van der Waals surface area contributed by atoms with E-state index in [1.165, 1.54) is 0 Å². The Morgan fingerprint density at radius 2 is 1.50 bits per heavy atom. The maximum atomic E-state index is 10.4. The Morgan fingerprint density at radius 3 is 1.81 bits per heavy atom. The van der Waals surface area contributed by atoms with Crippen molar-refractivity contribution < 1.29 is 35.7 Å². The summed E-state index contributed by atoms with van der Waals surface area (Å²) in [5, 5.41) is 31.0. The van der Waals surface area contributed by atoms with Crippen molar-refractivity contribution in [3.05, 3.63) is 61.4 Å². The number of nitro benzene ring substituents is 2. The molecule has 0 radical (unpaired) electrons. The number of aromatic nitrogens is 2. The number of carbonyl (C=O) groups is 1. The Bertz CT molecular complexity index is 682. The molecule has 2 aromatic rings. The SMILES string of the molecule is Cc1cc(C)[nH+]c(N)n1.O.O.O=C([O-])c1cc([N+](=O)[O-])cc([N+](=O)[O-])c1. The average molecular weight is 371 g/mol. The molecule has 1 aromatic heterocycles. The number of aromatic amines is 1. The predicted molar refractivity (Wildman–Crippen MR) is 86.0 cm³/mol. The lowest BCUT2D eigenvalue weighted by atomic mass is 10.2. The molecular weight excluding hydrogens is 354 g/mol. The summed E-state index contributed by atoms with van der Waals surface area (Å²) in [5.41, 5.74) is 5.45. The zero-order chi connectivity index (χ0) is 18.4. The van der Waals surface area contributed by atoms with Gasteiger partial charge in [-0.1, -0.05) is 4.98 Å². The van der Waals surface area contributed by atoms with E-state index in [0.29, 0.717) is 24.1 Å². The molecule has 7 N–H and O–H groups in total. The number of nitrogen functional groups attached to an aromatic ring is 1. The number of carboxylic acids is 1. The molecule has 0 saturated heterocycles. The highest BCUT2D eigenvalue weighted by molar-refractivity contribution is 5.87. The van der Waals surface area contributed by atoms with E-state index in [2.05, 4.69) is 9.97 Å². The molecule has 0 amide bonds. The second kappa shape index (κ2) is 10.2. The number of nitrogens with two attached hydrogens (primary N) is 1. The van der Waals surface area contributed by atoms with Gasteiger partial charge in [0.25, 0.3) is 11.4 Å². The zero-order valence-corrected chi connectivity index (χ0v) is 13.7. The molecule has 13 nitrogen and oxygen atoms in total. The Hall–Kier alpha value is -3.71. The number of H-pyrrole nitrogens is 1. The molecule has 2 rings (SSSR count). The van der Waals surface area contributed by atoms with Gasteiger partial charge < -0.3 is 20.9 Å². The van der Waals surface area contributed by atoms with Crippen molar-refractivity contribution in [1.82, 2.24) is 4.98 Å². The van der Waals surface area contributed by atoms with Gasteiger partial charge >= 0.3 is 5.95 Å². The molecular formula is C13H17N5O8. The summed E-state index contributed by atoms with van der Waals surface area (Å²) in [6.45, 7) is 3.86. The Kier molecular flexibility index (Phi) is 9.64. The van der Waals surface area contributed by atoms with Crippen molar-refractivity contribution in [2.75, 3.05) is 5.73 Å². The number of carbonyl (C=O) groups excluding carboxylic acids is 1. The van der Waals surface area contributed by atoms with Crippen LogP contribution in [0.15, 0.2) is 24.3 Å². The fraction of sp³-hybridized carbons (Fsp3) is 0.154. The first-order valence-electron chi connectivity index (χ1n) is 6.38. The smallest absolute Gasteiger partial charge is 0.387 e. The first kappa shape index (κ1) is 24.5. The fourth-order valence-electron chi connectivity index (χ4n) is 1.73. The molecule has 0 atom stereocenters. The van der Waals surface area contributed by atoms with Crippen LogP contribution in [0.1, 0.15) is 21.7 Å². The van der Waals surface area contributed by atoms with Gasteiger partial charge in [-0.3, -0.25) is 26.0 Å². The number of benzene rings is 1. The maximum absolute atomic E-state index is 10.4. The molecule has 0 aliphatic heterocycles. The molecule has 142 valence electrons. The van der Waals surface area contributed by atoms with Gasteiger partial charge in [0.1, 0.15) is 5.69 Å². The van der Waals surface area contributed by atoms with Crippen molar-refractivity contribution >= 4 is 23.3 Å². The summed E-state index contributed by atoms with van der Waals surface area (Å²) >= 11 is 0. The minimum absolute atomic E-state index is 0. The van der Waals surface area contributed by atoms with Crippen LogP contribution in [0.2, 0.25) is 0 Å². The number of non-ortho nitro benzene ring substituents is 2. The van der Waals surface area contributed by atoms with Gasteiger partial charge in [0.2, 0.25) is 0 Å². The molecule has 0 fully saturated rings. The number of rotatable bonds is 3. The van der Waals surface area contributed by atoms with Gasteiger partial charge in [-0.05, 0) is 13.8 Å². The molecule has 0 spiro atoms. The van der Waals surface area contributed by atoms with Crippen LogP contribution in [-0.2, 0) is 0 Å². The lowest BCUT2D eigenvalue weighted by molar-refractivity contribution is -0.394. The molecule has 0 aliphatic carbocycles. The molecule has 0 aliphatic rings. The summed E-state index contributed by atoms with van der Waals surface area (Å²) in [5.74, 6) is -1.23. The highest BCUT2D eigenvalue weighted by Gasteiger charge is 2.16. The number of anilines is 1. The van der Waals surface area contributed by atoms with E-state index < -0.39 is 32.8 Å². The fourth-order valence-corrected chi connectivity index (χ4v) is 1.73. The van der Waals surface area contributed by atoms with Crippen molar-refractivity contribution in [3.8, 4) is 0 Å². The van der Waals surface area contributed by atoms with Crippen LogP contribution in [0.5, 0.6) is 0 Å². The molecule has 0 bridgehead atoms. The Labute approximate surface area is 146 Å². The van der Waals surface area contributed by atoms with E-state index in [9.17, 15) is 30.1 Å². The third-order valence-corrected chi connectivity index (χ3v) is 2.61. The molecule has 26 heavy (non-hydrogen) atoms. The average Bonchev–Trinajstić information content (AvgIpc) is 2.45. The Balaban J connectivity index is 0. The number of aromatic carboxylic acids is 1. The number of hydrogen-bond acceptors (Lipinski definition) is 8. The molecule has 0 saturated carbocycles. The van der Waals surface area contributed by atoms with Crippen molar-refractivity contribution in [1.29, 1.82) is 0 Å². The number of hydrogen-bond donors (Lipinski definition) is 1. The molecule has 0 unspecified atom stereocenters. The summed E-state index contributed by atoms with van der Waals surface area (Å²) in [6, 6.07) is 4.01. The van der Waals surface area contributed by atoms with Gasteiger partial charge in [0.15, 0.2) is 0 Å². The summed E-state index contributed by atoms with van der Waals surface area (Å²) in [7, 11) is 0. The predicted octanol–water partition coefficient (Wildman–Crippen LogP) is -1.69. The van der Waals surface area contributed by atoms with E-state index in [1.807, 2.05) is 19.9 Å². The third-order valence-electron chi connectivity index (χ3n) is 2.61. The lowest BCUT2D eigenvalue weighted by Crippen LogP contribution is -2.22. The number of carboxylic acid groups (broad SMARTS) is 1. The van der Waals surface area contributed by atoms with Gasteiger partial charge in [0.05, 0.1) is 27.6 Å². The van der Waals surface area contributed by atoms with E-state index in [1.54, 1.807) is 0 Å². The van der Waals surface area contributed by atoms with Gasteiger partial charge in [-0.25, -0.2) is 4.98 Å². The second-order valence-corrected chi connectivity index (χ2v) is 4.63. The van der Waals surface area contributed by atoms with Crippen molar-refractivity contribution in [3.63, 3.8) is 0 Å². The van der Waals surface area contributed by atoms with Crippen LogP contribution in [0, 0.1) is 34.1 Å². The van der Waals surface area contributed by atoms with Crippen LogP contribution in [-0.4, -0.2) is 31.8 Å². The topological polar surface area (TPSA) is 242 Å². The van der Waals surface area contributed by atoms with Crippen LogP contribution in [0.4, 0.5) is 17.3 Å². The monoisotopic (exact) mass is 371 g/mol. The minimum atomic E-state index is -1.71. The van der Waals surface area contributed by atoms with Crippen molar-refractivity contribution in [2.24, 2.45) is 0 Å². The van der Waals surface area contributed by atoms with Crippen LogP contribution < -0.4 is 15.8 Å². The van der Waals surface area contributed by atoms with E-state index in [4.69, 9.17) is 5.73 Å². The molecule has 1 heterocycles. The minimum Gasteiger partial charge on any atom is -0.545 e. The quantitative estimate of drug-likeness (QED) is 0.480.